The second-order valence-electron chi connectivity index (χ2n) is 5.75. The molecular formula is C13H17N7OS. The van der Waals surface area contributed by atoms with Crippen molar-refractivity contribution in [3.63, 3.8) is 0 Å². The fourth-order valence-corrected chi connectivity index (χ4v) is 4.19. The van der Waals surface area contributed by atoms with Gasteiger partial charge in [-0.15, -0.1) is 11.3 Å². The molecule has 4 heterocycles. The highest BCUT2D eigenvalue weighted by Crippen LogP contribution is 2.38. The summed E-state index contributed by atoms with van der Waals surface area (Å²) >= 11 is 1.72. The molecule has 0 spiro atoms. The van der Waals surface area contributed by atoms with E-state index in [0.717, 1.165) is 35.5 Å². The van der Waals surface area contributed by atoms with Crippen LogP contribution in [0.15, 0.2) is 0 Å². The van der Waals surface area contributed by atoms with Crippen molar-refractivity contribution in [3.8, 4) is 0 Å². The van der Waals surface area contributed by atoms with Gasteiger partial charge in [-0.25, -0.2) is 0 Å². The number of thiophene rings is 1. The van der Waals surface area contributed by atoms with Crippen molar-refractivity contribution in [1.29, 1.82) is 0 Å². The number of likely N-dealkylation sites (N-methyl/N-ethyl adjacent to an activating group) is 1. The normalized spacial score (nSPS) is 17.0. The summed E-state index contributed by atoms with van der Waals surface area (Å²) < 4.78 is 1.70. The number of hydrogen-bond donors (Lipinski definition) is 2. The summed E-state index contributed by atoms with van der Waals surface area (Å²) in [4.78, 5) is 9.20. The van der Waals surface area contributed by atoms with Crippen LogP contribution in [0.1, 0.15) is 17.4 Å². The zero-order valence-electron chi connectivity index (χ0n) is 12.4. The highest BCUT2D eigenvalue weighted by atomic mass is 32.1. The summed E-state index contributed by atoms with van der Waals surface area (Å²) in [6, 6.07) is 0. The topological polar surface area (TPSA) is 91.5 Å². The van der Waals surface area contributed by atoms with Crippen LogP contribution in [-0.2, 0) is 13.0 Å². The van der Waals surface area contributed by atoms with E-state index in [2.05, 4.69) is 37.8 Å². The van der Waals surface area contributed by atoms with Gasteiger partial charge in [0.05, 0.1) is 11.5 Å². The maximum Gasteiger partial charge on any atom is 0.276 e. The zero-order valence-corrected chi connectivity index (χ0v) is 13.3. The van der Waals surface area contributed by atoms with Gasteiger partial charge in [0.1, 0.15) is 10.6 Å². The number of aliphatic hydroxyl groups is 1. The first-order valence-electron chi connectivity index (χ1n) is 7.26. The van der Waals surface area contributed by atoms with Crippen LogP contribution in [0.25, 0.3) is 16.0 Å². The van der Waals surface area contributed by atoms with Crippen LogP contribution in [0, 0.1) is 0 Å². The molecule has 1 unspecified atom stereocenters. The molecule has 0 saturated heterocycles. The molecule has 9 heteroatoms. The van der Waals surface area contributed by atoms with Gasteiger partial charge in [-0.3, -0.25) is 0 Å². The molecule has 8 nitrogen and oxygen atoms in total. The van der Waals surface area contributed by atoms with Crippen LogP contribution in [0.3, 0.4) is 0 Å². The molecule has 0 aliphatic carbocycles. The van der Waals surface area contributed by atoms with Crippen molar-refractivity contribution in [2.45, 2.75) is 26.0 Å². The first-order chi connectivity index (χ1) is 10.6. The molecule has 116 valence electrons. The number of rotatable bonds is 3. The van der Waals surface area contributed by atoms with Crippen molar-refractivity contribution in [2.75, 3.05) is 25.5 Å². The Morgan fingerprint density at radius 3 is 3.14 bits per heavy atom. The molecule has 0 radical (unpaired) electrons. The molecule has 1 aliphatic heterocycles. The van der Waals surface area contributed by atoms with E-state index in [-0.39, 0.29) is 0 Å². The third-order valence-corrected chi connectivity index (χ3v) is 5.08. The molecule has 0 amide bonds. The average Bonchev–Trinajstić information content (AvgIpc) is 3.07. The van der Waals surface area contributed by atoms with Gasteiger partial charge in [0.25, 0.3) is 5.78 Å². The highest BCUT2D eigenvalue weighted by Gasteiger charge is 2.24. The van der Waals surface area contributed by atoms with Gasteiger partial charge in [-0.05, 0) is 36.4 Å². The third-order valence-electron chi connectivity index (χ3n) is 3.89. The van der Waals surface area contributed by atoms with E-state index in [4.69, 9.17) is 0 Å². The second-order valence-corrected chi connectivity index (χ2v) is 6.84. The van der Waals surface area contributed by atoms with Gasteiger partial charge in [0.2, 0.25) is 0 Å². The Hall–Kier alpha value is -1.84. The van der Waals surface area contributed by atoms with Crippen LogP contribution < -0.4 is 5.32 Å². The van der Waals surface area contributed by atoms with Crippen LogP contribution in [0.4, 0.5) is 5.82 Å². The summed E-state index contributed by atoms with van der Waals surface area (Å²) in [6.45, 7) is 4.17. The lowest BCUT2D eigenvalue weighted by Gasteiger charge is -2.22. The molecule has 0 saturated carbocycles. The number of aromatic nitrogens is 5. The van der Waals surface area contributed by atoms with Crippen molar-refractivity contribution in [1.82, 2.24) is 29.9 Å². The van der Waals surface area contributed by atoms with Crippen molar-refractivity contribution >= 4 is 33.1 Å². The summed E-state index contributed by atoms with van der Waals surface area (Å²) in [5, 5.41) is 25.6. The fourth-order valence-electron chi connectivity index (χ4n) is 2.82. The Balaban J connectivity index is 1.95. The maximum atomic E-state index is 9.54. The van der Waals surface area contributed by atoms with E-state index in [1.54, 1.807) is 22.8 Å². The number of tetrazole rings is 1. The molecule has 2 N–H and O–H groups in total. The van der Waals surface area contributed by atoms with Crippen molar-refractivity contribution < 1.29 is 5.11 Å². The summed E-state index contributed by atoms with van der Waals surface area (Å²) in [5.41, 5.74) is 1.33. The Kier molecular flexibility index (Phi) is 3.21. The van der Waals surface area contributed by atoms with E-state index in [9.17, 15) is 5.11 Å². The molecule has 3 aromatic heterocycles. The number of hydrogen-bond acceptors (Lipinski definition) is 8. The SMILES string of the molecule is CC(O)CNc1nc2nnnn2c2sc3c(c12)CCN(C)C3. The van der Waals surface area contributed by atoms with Crippen LogP contribution in [0.2, 0.25) is 0 Å². The largest absolute Gasteiger partial charge is 0.392 e. The lowest BCUT2D eigenvalue weighted by atomic mass is 10.1. The van der Waals surface area contributed by atoms with E-state index in [1.165, 1.54) is 10.4 Å². The molecule has 1 aliphatic rings. The lowest BCUT2D eigenvalue weighted by molar-refractivity contribution is 0.208. The Morgan fingerprint density at radius 2 is 2.32 bits per heavy atom. The minimum absolute atomic E-state index is 0.440. The first-order valence-corrected chi connectivity index (χ1v) is 8.08. The first kappa shape index (κ1) is 13.8. The molecule has 0 aromatic carbocycles. The Bertz CT molecular complexity index is 840. The highest BCUT2D eigenvalue weighted by molar-refractivity contribution is 7.19. The monoisotopic (exact) mass is 319 g/mol. The standard InChI is InChI=1S/C13H17N7OS/c1-7(21)5-14-11-10-8-3-4-19(2)6-9(8)22-12(10)20-13(15-11)16-17-18-20/h7,21H,3-6H2,1-2H3,(H,14,15,16,18). The molecule has 0 fully saturated rings. The van der Waals surface area contributed by atoms with Crippen molar-refractivity contribution in [2.24, 2.45) is 0 Å². The second kappa shape index (κ2) is 5.11. The van der Waals surface area contributed by atoms with Crippen molar-refractivity contribution in [3.05, 3.63) is 10.4 Å². The third kappa shape index (κ3) is 2.13. The summed E-state index contributed by atoms with van der Waals surface area (Å²) in [5.74, 6) is 1.24. The summed E-state index contributed by atoms with van der Waals surface area (Å²) in [6.07, 6.45) is 0.550. The Labute approximate surface area is 130 Å². The van der Waals surface area contributed by atoms with Gasteiger partial charge in [-0.1, -0.05) is 5.10 Å². The van der Waals surface area contributed by atoms with Gasteiger partial charge in [0.15, 0.2) is 0 Å². The lowest BCUT2D eigenvalue weighted by Crippen LogP contribution is -2.25. The molecule has 1 atom stereocenters. The number of nitrogens with one attached hydrogen (secondary N) is 1. The predicted molar refractivity (Wildman–Crippen MR) is 84.2 cm³/mol. The molecule has 4 rings (SSSR count). The molecule has 0 bridgehead atoms. The van der Waals surface area contributed by atoms with Gasteiger partial charge in [-0.2, -0.15) is 9.50 Å². The van der Waals surface area contributed by atoms with Gasteiger partial charge < -0.3 is 15.3 Å². The smallest absolute Gasteiger partial charge is 0.276 e. The minimum atomic E-state index is -0.440. The maximum absolute atomic E-state index is 9.54. The van der Waals surface area contributed by atoms with E-state index < -0.39 is 6.10 Å². The Morgan fingerprint density at radius 1 is 1.45 bits per heavy atom. The van der Waals surface area contributed by atoms with E-state index >= 15 is 0 Å². The van der Waals surface area contributed by atoms with Crippen LogP contribution >= 0.6 is 11.3 Å². The number of fused-ring (bicyclic) bond motifs is 5. The van der Waals surface area contributed by atoms with Gasteiger partial charge >= 0.3 is 0 Å². The molecule has 3 aromatic rings. The van der Waals surface area contributed by atoms with E-state index in [1.807, 2.05) is 0 Å². The van der Waals surface area contributed by atoms with E-state index in [0.29, 0.717) is 12.3 Å². The number of aliphatic hydroxyl groups excluding tert-OH is 1. The van der Waals surface area contributed by atoms with Crippen LogP contribution in [0.5, 0.6) is 0 Å². The average molecular weight is 319 g/mol. The molecular weight excluding hydrogens is 302 g/mol. The number of anilines is 1. The van der Waals surface area contributed by atoms with Crippen LogP contribution in [-0.4, -0.2) is 61.3 Å². The predicted octanol–water partition coefficient (Wildman–Crippen LogP) is 0.515. The molecule has 22 heavy (non-hydrogen) atoms. The minimum Gasteiger partial charge on any atom is -0.392 e. The summed E-state index contributed by atoms with van der Waals surface area (Å²) in [7, 11) is 2.13. The fraction of sp³-hybridized carbons (Fsp3) is 0.538. The quantitative estimate of drug-likeness (QED) is 0.727. The number of nitrogens with zero attached hydrogens (tertiary/aromatic N) is 6. The zero-order chi connectivity index (χ0) is 15.3. The van der Waals surface area contributed by atoms with Gasteiger partial charge in [0, 0.05) is 24.5 Å².